The van der Waals surface area contributed by atoms with E-state index in [2.05, 4.69) is 100.0 Å². The standard InChI is InChI=1S/C12H9Br3INS/c1-17-11(8-5-10(14)18-12(8)15)7-4-6(13)2-3-9(7)16/h2-5,11,17H,1H3. The lowest BCUT2D eigenvalue weighted by Gasteiger charge is -2.18. The summed E-state index contributed by atoms with van der Waals surface area (Å²) in [5.41, 5.74) is 2.53. The fourth-order valence-corrected chi connectivity index (χ4v) is 5.69. The van der Waals surface area contributed by atoms with Crippen LogP contribution in [0.2, 0.25) is 0 Å². The number of benzene rings is 1. The minimum Gasteiger partial charge on any atom is -0.309 e. The highest BCUT2D eigenvalue weighted by molar-refractivity contribution is 14.1. The number of nitrogens with one attached hydrogen (secondary N) is 1. The number of hydrogen-bond acceptors (Lipinski definition) is 2. The molecule has 0 aliphatic heterocycles. The molecule has 0 radical (unpaired) electrons. The van der Waals surface area contributed by atoms with E-state index in [4.69, 9.17) is 0 Å². The van der Waals surface area contributed by atoms with Gasteiger partial charge in [0.05, 0.1) is 13.6 Å². The molecule has 0 bridgehead atoms. The van der Waals surface area contributed by atoms with Crippen molar-refractivity contribution < 1.29 is 0 Å². The van der Waals surface area contributed by atoms with Gasteiger partial charge >= 0.3 is 0 Å². The van der Waals surface area contributed by atoms with E-state index >= 15 is 0 Å². The molecule has 0 spiro atoms. The molecule has 0 aliphatic rings. The van der Waals surface area contributed by atoms with E-state index in [0.717, 1.165) is 12.0 Å². The van der Waals surface area contributed by atoms with E-state index in [-0.39, 0.29) is 6.04 Å². The van der Waals surface area contributed by atoms with E-state index < -0.39 is 0 Å². The summed E-state index contributed by atoms with van der Waals surface area (Å²) in [6, 6.07) is 8.70. The zero-order valence-corrected chi connectivity index (χ0v) is 17.0. The van der Waals surface area contributed by atoms with E-state index in [0.29, 0.717) is 0 Å². The maximum Gasteiger partial charge on any atom is 0.0761 e. The van der Waals surface area contributed by atoms with Crippen LogP contribution in [0, 0.1) is 3.57 Å². The minimum atomic E-state index is 0.186. The molecular formula is C12H9Br3INS. The highest BCUT2D eigenvalue weighted by Crippen LogP contribution is 2.39. The van der Waals surface area contributed by atoms with Crippen LogP contribution < -0.4 is 5.32 Å². The third-order valence-corrected chi connectivity index (χ3v) is 6.41. The molecule has 96 valence electrons. The van der Waals surface area contributed by atoms with Crippen molar-refractivity contribution in [3.05, 3.63) is 51.0 Å². The lowest BCUT2D eigenvalue weighted by Crippen LogP contribution is -2.18. The van der Waals surface area contributed by atoms with Crippen molar-refractivity contribution in [2.75, 3.05) is 7.05 Å². The molecule has 1 unspecified atom stereocenters. The summed E-state index contributed by atoms with van der Waals surface area (Å²) in [4.78, 5) is 0. The maximum atomic E-state index is 3.63. The zero-order valence-electron chi connectivity index (χ0n) is 9.31. The molecule has 6 heteroatoms. The summed E-state index contributed by atoms with van der Waals surface area (Å²) in [6.45, 7) is 0. The summed E-state index contributed by atoms with van der Waals surface area (Å²) in [6.07, 6.45) is 0. The summed E-state index contributed by atoms with van der Waals surface area (Å²) in [5.74, 6) is 0. The maximum absolute atomic E-state index is 3.63. The fraction of sp³-hybridized carbons (Fsp3) is 0.167. The van der Waals surface area contributed by atoms with Crippen LogP contribution in [0.1, 0.15) is 17.2 Å². The van der Waals surface area contributed by atoms with Crippen LogP contribution in [0.5, 0.6) is 0 Å². The predicted octanol–water partition coefficient (Wildman–Crippen LogP) is 5.95. The number of thiophene rings is 1. The second-order valence-electron chi connectivity index (χ2n) is 3.67. The van der Waals surface area contributed by atoms with Gasteiger partial charge in [0, 0.05) is 8.04 Å². The monoisotopic (exact) mass is 563 g/mol. The van der Waals surface area contributed by atoms with Crippen LogP contribution in [0.4, 0.5) is 0 Å². The Labute approximate surface area is 149 Å². The van der Waals surface area contributed by atoms with E-state index in [1.54, 1.807) is 11.3 Å². The second kappa shape index (κ2) is 6.67. The molecule has 1 atom stereocenters. The normalized spacial score (nSPS) is 12.7. The molecule has 0 aliphatic carbocycles. The van der Waals surface area contributed by atoms with Crippen molar-refractivity contribution in [1.29, 1.82) is 0 Å². The van der Waals surface area contributed by atoms with Gasteiger partial charge in [0.15, 0.2) is 0 Å². The summed E-state index contributed by atoms with van der Waals surface area (Å²) < 4.78 is 4.65. The van der Waals surface area contributed by atoms with Gasteiger partial charge in [0.25, 0.3) is 0 Å². The van der Waals surface area contributed by atoms with Crippen LogP contribution in [0.25, 0.3) is 0 Å². The Morgan fingerprint density at radius 1 is 1.17 bits per heavy atom. The highest BCUT2D eigenvalue weighted by atomic mass is 127. The highest BCUT2D eigenvalue weighted by Gasteiger charge is 2.19. The Hall–Kier alpha value is 1.05. The topological polar surface area (TPSA) is 12.0 Å². The number of hydrogen-bond donors (Lipinski definition) is 1. The Morgan fingerprint density at radius 3 is 2.44 bits per heavy atom. The van der Waals surface area contributed by atoms with Gasteiger partial charge in [-0.15, -0.1) is 11.3 Å². The molecule has 0 fully saturated rings. The molecule has 0 saturated carbocycles. The van der Waals surface area contributed by atoms with Crippen molar-refractivity contribution in [2.45, 2.75) is 6.04 Å². The van der Waals surface area contributed by atoms with Gasteiger partial charge < -0.3 is 5.32 Å². The molecule has 2 rings (SSSR count). The molecule has 1 nitrogen and oxygen atoms in total. The first-order valence-corrected chi connectivity index (χ1v) is 9.37. The molecule has 2 aromatic rings. The fourth-order valence-electron chi connectivity index (χ4n) is 1.76. The first-order chi connectivity index (χ1) is 8.52. The van der Waals surface area contributed by atoms with Gasteiger partial charge in [-0.1, -0.05) is 15.9 Å². The lowest BCUT2D eigenvalue weighted by molar-refractivity contribution is 0.688. The average molecular weight is 566 g/mol. The van der Waals surface area contributed by atoms with Gasteiger partial charge in [-0.3, -0.25) is 0 Å². The molecule has 1 aromatic carbocycles. The average Bonchev–Trinajstić information content (AvgIpc) is 2.64. The summed E-state index contributed by atoms with van der Waals surface area (Å²) in [5, 5.41) is 3.39. The molecule has 1 heterocycles. The van der Waals surface area contributed by atoms with Crippen LogP contribution in [0.3, 0.4) is 0 Å². The van der Waals surface area contributed by atoms with Gasteiger partial charge in [-0.25, -0.2) is 0 Å². The lowest BCUT2D eigenvalue weighted by atomic mass is 10.0. The Balaban J connectivity index is 2.51. The minimum absolute atomic E-state index is 0.186. The summed E-state index contributed by atoms with van der Waals surface area (Å²) in [7, 11) is 1.99. The Kier molecular flexibility index (Phi) is 5.72. The van der Waals surface area contributed by atoms with Crippen LogP contribution in [0.15, 0.2) is 36.3 Å². The SMILES string of the molecule is CNC(c1cc(Br)ccc1I)c1cc(Br)sc1Br. The summed E-state index contributed by atoms with van der Waals surface area (Å²) >= 11 is 14.8. The van der Waals surface area contributed by atoms with Gasteiger partial charge in [-0.2, -0.15) is 0 Å². The quantitative estimate of drug-likeness (QED) is 0.454. The van der Waals surface area contributed by atoms with Crippen molar-refractivity contribution in [3.63, 3.8) is 0 Å². The molecular weight excluding hydrogens is 557 g/mol. The van der Waals surface area contributed by atoms with Gasteiger partial charge in [0.1, 0.15) is 0 Å². The van der Waals surface area contributed by atoms with Gasteiger partial charge in [0.2, 0.25) is 0 Å². The predicted molar refractivity (Wildman–Crippen MR) is 97.5 cm³/mol. The first-order valence-electron chi connectivity index (χ1n) is 5.10. The smallest absolute Gasteiger partial charge is 0.0761 e. The van der Waals surface area contributed by atoms with Crippen molar-refractivity contribution in [1.82, 2.24) is 5.32 Å². The first kappa shape index (κ1) is 15.4. The Bertz CT molecular complexity index is 570. The molecule has 1 N–H and O–H groups in total. The van der Waals surface area contributed by atoms with E-state index in [1.165, 1.54) is 14.7 Å². The number of halogens is 4. The van der Waals surface area contributed by atoms with Crippen molar-refractivity contribution in [3.8, 4) is 0 Å². The van der Waals surface area contributed by atoms with Crippen LogP contribution in [-0.4, -0.2) is 7.05 Å². The van der Waals surface area contributed by atoms with E-state index in [9.17, 15) is 0 Å². The third kappa shape index (κ3) is 3.38. The third-order valence-electron chi connectivity index (χ3n) is 2.55. The van der Waals surface area contributed by atoms with Crippen molar-refractivity contribution >= 4 is 81.7 Å². The molecule has 18 heavy (non-hydrogen) atoms. The van der Waals surface area contributed by atoms with Crippen LogP contribution >= 0.6 is 81.7 Å². The molecule has 0 amide bonds. The van der Waals surface area contributed by atoms with E-state index in [1.807, 2.05) is 7.05 Å². The van der Waals surface area contributed by atoms with Gasteiger partial charge in [-0.05, 0) is 96.9 Å². The second-order valence-corrected chi connectivity index (χ2v) is 9.49. The Morgan fingerprint density at radius 2 is 1.89 bits per heavy atom. The van der Waals surface area contributed by atoms with Crippen LogP contribution in [-0.2, 0) is 0 Å². The zero-order chi connectivity index (χ0) is 13.3. The number of rotatable bonds is 3. The molecule has 1 aromatic heterocycles. The molecule has 0 saturated heterocycles. The van der Waals surface area contributed by atoms with Crippen molar-refractivity contribution in [2.24, 2.45) is 0 Å². The largest absolute Gasteiger partial charge is 0.309 e.